The molecule has 0 aliphatic rings. The third kappa shape index (κ3) is 5.67. The van der Waals surface area contributed by atoms with Crippen LogP contribution in [-0.4, -0.2) is 40.1 Å². The molecule has 0 bridgehead atoms. The number of hydrogen-bond donors (Lipinski definition) is 2. The van der Waals surface area contributed by atoms with Gasteiger partial charge in [-0.1, -0.05) is 11.3 Å². The van der Waals surface area contributed by atoms with E-state index in [1.54, 1.807) is 38.3 Å². The van der Waals surface area contributed by atoms with Crippen molar-refractivity contribution in [1.82, 2.24) is 9.71 Å². The predicted octanol–water partition coefficient (Wildman–Crippen LogP) is 1.67. The number of carbonyl (C=O) groups is 1. The van der Waals surface area contributed by atoms with E-state index in [1.165, 1.54) is 7.05 Å². The Labute approximate surface area is 149 Å². The minimum absolute atomic E-state index is 0.275. The van der Waals surface area contributed by atoms with Gasteiger partial charge in [-0.25, -0.2) is 9.17 Å². The van der Waals surface area contributed by atoms with Gasteiger partial charge in [-0.3, -0.25) is 10.1 Å². The van der Waals surface area contributed by atoms with E-state index in [0.29, 0.717) is 22.3 Å². The molecule has 0 aliphatic heterocycles. The maximum absolute atomic E-state index is 11.7. The summed E-state index contributed by atoms with van der Waals surface area (Å²) < 4.78 is 39.4. The minimum atomic E-state index is -3.92. The fourth-order valence-electron chi connectivity index (χ4n) is 1.63. The SMILES string of the molecule is CNS(=O)(=O)OCC(=O)Nc1nc(C)c(Oc2ccc(OC)cc2)s1. The first-order valence-electron chi connectivity index (χ1n) is 7.00. The van der Waals surface area contributed by atoms with E-state index in [9.17, 15) is 13.2 Å². The number of nitrogens with zero attached hydrogens (tertiary/aromatic N) is 1. The predicted molar refractivity (Wildman–Crippen MR) is 92.5 cm³/mol. The number of methoxy groups -OCH3 is 1. The van der Waals surface area contributed by atoms with Crippen LogP contribution in [-0.2, 0) is 19.3 Å². The van der Waals surface area contributed by atoms with E-state index in [4.69, 9.17) is 9.47 Å². The molecule has 1 heterocycles. The molecule has 0 saturated carbocycles. The summed E-state index contributed by atoms with van der Waals surface area (Å²) in [6.45, 7) is 1.07. The van der Waals surface area contributed by atoms with Crippen LogP contribution in [0.3, 0.4) is 0 Å². The maximum Gasteiger partial charge on any atom is 0.336 e. The Morgan fingerprint density at radius 1 is 1.24 bits per heavy atom. The van der Waals surface area contributed by atoms with Gasteiger partial charge in [0.05, 0.1) is 12.8 Å². The van der Waals surface area contributed by atoms with Crippen LogP contribution in [0.25, 0.3) is 0 Å². The number of nitrogens with one attached hydrogen (secondary N) is 2. The maximum atomic E-state index is 11.7. The van der Waals surface area contributed by atoms with Gasteiger partial charge in [0.25, 0.3) is 5.91 Å². The Bertz CT molecular complexity index is 833. The van der Waals surface area contributed by atoms with Gasteiger partial charge in [0.2, 0.25) is 5.06 Å². The first-order valence-corrected chi connectivity index (χ1v) is 9.22. The highest BCUT2D eigenvalue weighted by molar-refractivity contribution is 7.84. The lowest BCUT2D eigenvalue weighted by molar-refractivity contribution is -0.118. The van der Waals surface area contributed by atoms with Gasteiger partial charge in [0.15, 0.2) is 5.13 Å². The summed E-state index contributed by atoms with van der Waals surface area (Å²) in [7, 11) is -1.17. The number of hydrogen-bond acceptors (Lipinski definition) is 8. The summed E-state index contributed by atoms with van der Waals surface area (Å²) in [5.74, 6) is 0.648. The molecule has 11 heteroatoms. The number of amides is 1. The lowest BCUT2D eigenvalue weighted by Gasteiger charge is -2.04. The van der Waals surface area contributed by atoms with E-state index in [2.05, 4.69) is 14.5 Å². The molecular formula is C14H17N3O6S2. The van der Waals surface area contributed by atoms with Gasteiger partial charge < -0.3 is 9.47 Å². The molecule has 0 aliphatic carbocycles. The zero-order valence-corrected chi connectivity index (χ0v) is 15.4. The van der Waals surface area contributed by atoms with Crippen LogP contribution in [0.1, 0.15) is 5.69 Å². The van der Waals surface area contributed by atoms with E-state index >= 15 is 0 Å². The Kier molecular flexibility index (Phi) is 6.31. The second-order valence-electron chi connectivity index (χ2n) is 4.64. The lowest BCUT2D eigenvalue weighted by Crippen LogP contribution is -2.27. The summed E-state index contributed by atoms with van der Waals surface area (Å²) in [6.07, 6.45) is 0. The Morgan fingerprint density at radius 2 is 1.88 bits per heavy atom. The number of rotatable bonds is 8. The van der Waals surface area contributed by atoms with Crippen molar-refractivity contribution in [2.24, 2.45) is 0 Å². The fraction of sp³-hybridized carbons (Fsp3) is 0.286. The molecule has 2 N–H and O–H groups in total. The summed E-state index contributed by atoms with van der Waals surface area (Å²) in [6, 6.07) is 7.00. The summed E-state index contributed by atoms with van der Waals surface area (Å²) in [4.78, 5) is 15.9. The Hall–Kier alpha value is -2.21. The van der Waals surface area contributed by atoms with Crippen molar-refractivity contribution < 1.29 is 26.9 Å². The number of carbonyl (C=O) groups excluding carboxylic acids is 1. The molecule has 0 saturated heterocycles. The molecule has 0 spiro atoms. The molecule has 1 aromatic carbocycles. The third-order valence-corrected chi connectivity index (χ3v) is 4.74. The quantitative estimate of drug-likeness (QED) is 0.708. The molecule has 0 radical (unpaired) electrons. The fourth-order valence-corrected chi connectivity index (χ4v) is 2.86. The average Bonchev–Trinajstić information content (AvgIpc) is 2.93. The third-order valence-electron chi connectivity index (χ3n) is 2.87. The molecule has 25 heavy (non-hydrogen) atoms. The first-order chi connectivity index (χ1) is 11.8. The van der Waals surface area contributed by atoms with Crippen LogP contribution in [0.4, 0.5) is 5.13 Å². The van der Waals surface area contributed by atoms with E-state index < -0.39 is 22.8 Å². The van der Waals surface area contributed by atoms with Gasteiger partial charge in [0.1, 0.15) is 18.1 Å². The van der Waals surface area contributed by atoms with E-state index in [-0.39, 0.29) is 5.13 Å². The van der Waals surface area contributed by atoms with Crippen LogP contribution in [0.5, 0.6) is 16.6 Å². The monoisotopic (exact) mass is 387 g/mol. The highest BCUT2D eigenvalue weighted by atomic mass is 32.2. The molecular weight excluding hydrogens is 370 g/mol. The van der Waals surface area contributed by atoms with Crippen molar-refractivity contribution in [2.45, 2.75) is 6.92 Å². The van der Waals surface area contributed by atoms with Crippen molar-refractivity contribution in [3.05, 3.63) is 30.0 Å². The van der Waals surface area contributed by atoms with Crippen molar-refractivity contribution >= 4 is 32.7 Å². The molecule has 1 aromatic heterocycles. The number of aromatic nitrogens is 1. The van der Waals surface area contributed by atoms with E-state index in [1.807, 2.05) is 4.72 Å². The highest BCUT2D eigenvalue weighted by Crippen LogP contribution is 2.34. The molecule has 1 amide bonds. The van der Waals surface area contributed by atoms with Gasteiger partial charge in [-0.15, -0.1) is 0 Å². The second kappa shape index (κ2) is 8.25. The minimum Gasteiger partial charge on any atom is -0.497 e. The zero-order valence-electron chi connectivity index (χ0n) is 13.7. The summed E-state index contributed by atoms with van der Waals surface area (Å²) in [5.41, 5.74) is 0.583. The number of anilines is 1. The Balaban J connectivity index is 1.98. The molecule has 0 unspecified atom stereocenters. The van der Waals surface area contributed by atoms with Crippen molar-refractivity contribution in [3.8, 4) is 16.6 Å². The van der Waals surface area contributed by atoms with Crippen LogP contribution in [0.2, 0.25) is 0 Å². The largest absolute Gasteiger partial charge is 0.497 e. The first kappa shape index (κ1) is 19.1. The van der Waals surface area contributed by atoms with Crippen LogP contribution in [0, 0.1) is 6.92 Å². The van der Waals surface area contributed by atoms with Crippen molar-refractivity contribution in [2.75, 3.05) is 26.1 Å². The Morgan fingerprint density at radius 3 is 2.48 bits per heavy atom. The molecule has 0 atom stereocenters. The smallest absolute Gasteiger partial charge is 0.336 e. The topological polar surface area (TPSA) is 116 Å². The van der Waals surface area contributed by atoms with Crippen LogP contribution >= 0.6 is 11.3 Å². The number of aryl methyl sites for hydroxylation is 1. The number of ether oxygens (including phenoxy) is 2. The molecule has 0 fully saturated rings. The van der Waals surface area contributed by atoms with Gasteiger partial charge >= 0.3 is 10.3 Å². The average molecular weight is 387 g/mol. The van der Waals surface area contributed by atoms with Gasteiger partial charge in [-0.2, -0.15) is 13.1 Å². The molecule has 136 valence electrons. The normalized spacial score (nSPS) is 11.2. The second-order valence-corrected chi connectivity index (χ2v) is 7.15. The van der Waals surface area contributed by atoms with Gasteiger partial charge in [-0.05, 0) is 31.2 Å². The lowest BCUT2D eigenvalue weighted by atomic mass is 10.3. The van der Waals surface area contributed by atoms with Crippen molar-refractivity contribution in [3.63, 3.8) is 0 Å². The van der Waals surface area contributed by atoms with Crippen LogP contribution < -0.4 is 19.5 Å². The van der Waals surface area contributed by atoms with Crippen molar-refractivity contribution in [1.29, 1.82) is 0 Å². The van der Waals surface area contributed by atoms with E-state index in [0.717, 1.165) is 11.3 Å². The number of benzene rings is 1. The standard InChI is InChI=1S/C14H17N3O6S2/c1-9-13(23-11-6-4-10(21-3)5-7-11)24-14(16-9)17-12(18)8-22-25(19,20)15-2/h4-7,15H,8H2,1-3H3,(H,16,17,18). The summed E-state index contributed by atoms with van der Waals surface area (Å²) in [5, 5.41) is 3.23. The number of thiazole rings is 1. The molecule has 9 nitrogen and oxygen atoms in total. The zero-order chi connectivity index (χ0) is 18.4. The molecule has 2 rings (SSSR count). The van der Waals surface area contributed by atoms with Gasteiger partial charge in [0, 0.05) is 7.05 Å². The summed E-state index contributed by atoms with van der Waals surface area (Å²) >= 11 is 1.11. The van der Waals surface area contributed by atoms with Crippen LogP contribution in [0.15, 0.2) is 24.3 Å². The highest BCUT2D eigenvalue weighted by Gasteiger charge is 2.15. The molecule has 2 aromatic rings.